The van der Waals surface area contributed by atoms with Gasteiger partial charge in [-0.2, -0.15) is 0 Å². The van der Waals surface area contributed by atoms with Crippen LogP contribution >= 0.6 is 0 Å². The molecule has 5 heteroatoms. The Hall–Kier alpha value is -3.73. The lowest BCUT2D eigenvalue weighted by molar-refractivity contribution is -0.118. The highest BCUT2D eigenvalue weighted by Gasteiger charge is 2.51. The van der Waals surface area contributed by atoms with Crippen molar-refractivity contribution in [1.29, 1.82) is 0 Å². The standard InChI is InChI=1S/C24H20N2O3/c27-21-9-6-17(14-22(21)28)24(10-11-24)23(29)25-18-7-8-19-16(12-18)13-20(26-19)15-4-2-1-3-5-15/h1-9,12-14,26-28H,10-11H2,(H,25,29). The number of H-pyrrole nitrogens is 1. The molecular weight excluding hydrogens is 364 g/mol. The Balaban J connectivity index is 1.41. The van der Waals surface area contributed by atoms with Crippen LogP contribution in [0, 0.1) is 0 Å². The largest absolute Gasteiger partial charge is 0.504 e. The van der Waals surface area contributed by atoms with Gasteiger partial charge in [-0.05, 0) is 60.4 Å². The van der Waals surface area contributed by atoms with E-state index in [1.54, 1.807) is 6.07 Å². The number of aromatic nitrogens is 1. The molecule has 4 aromatic rings. The molecule has 1 amide bonds. The van der Waals surface area contributed by atoms with Crippen molar-refractivity contribution in [2.75, 3.05) is 5.32 Å². The average Bonchev–Trinajstić information content (AvgIpc) is 3.44. The van der Waals surface area contributed by atoms with E-state index in [2.05, 4.69) is 28.5 Å². The summed E-state index contributed by atoms with van der Waals surface area (Å²) in [4.78, 5) is 16.4. The normalized spacial score (nSPS) is 14.6. The van der Waals surface area contributed by atoms with Crippen molar-refractivity contribution in [3.63, 3.8) is 0 Å². The summed E-state index contributed by atoms with van der Waals surface area (Å²) >= 11 is 0. The minimum Gasteiger partial charge on any atom is -0.504 e. The molecular formula is C24H20N2O3. The lowest BCUT2D eigenvalue weighted by Gasteiger charge is -2.16. The van der Waals surface area contributed by atoms with Crippen LogP contribution in [0.1, 0.15) is 18.4 Å². The molecule has 29 heavy (non-hydrogen) atoms. The topological polar surface area (TPSA) is 85.4 Å². The van der Waals surface area contributed by atoms with E-state index in [0.717, 1.165) is 33.4 Å². The second-order valence-corrected chi connectivity index (χ2v) is 7.59. The first-order valence-electron chi connectivity index (χ1n) is 9.57. The summed E-state index contributed by atoms with van der Waals surface area (Å²) in [7, 11) is 0. The summed E-state index contributed by atoms with van der Waals surface area (Å²) in [6, 6.07) is 22.6. The molecule has 0 saturated heterocycles. The number of fused-ring (bicyclic) bond motifs is 1. The molecule has 144 valence electrons. The number of anilines is 1. The van der Waals surface area contributed by atoms with Crippen molar-refractivity contribution >= 4 is 22.5 Å². The molecule has 0 unspecified atom stereocenters. The summed E-state index contributed by atoms with van der Waals surface area (Å²) in [5.41, 5.74) is 3.95. The van der Waals surface area contributed by atoms with Gasteiger partial charge >= 0.3 is 0 Å². The zero-order valence-corrected chi connectivity index (χ0v) is 15.6. The van der Waals surface area contributed by atoms with E-state index in [0.29, 0.717) is 12.8 Å². The number of aromatic amines is 1. The second kappa shape index (κ2) is 6.41. The predicted octanol–water partition coefficient (Wildman–Crippen LogP) is 4.92. The van der Waals surface area contributed by atoms with Crippen LogP contribution in [0.3, 0.4) is 0 Å². The van der Waals surface area contributed by atoms with Gasteiger partial charge in [0, 0.05) is 22.3 Å². The van der Waals surface area contributed by atoms with Crippen LogP contribution in [0.4, 0.5) is 5.69 Å². The number of phenolic OH excluding ortho intramolecular Hbond substituents is 2. The Labute approximate surface area is 167 Å². The van der Waals surface area contributed by atoms with E-state index in [1.165, 1.54) is 12.1 Å². The number of phenols is 2. The third kappa shape index (κ3) is 3.01. The van der Waals surface area contributed by atoms with Crippen molar-refractivity contribution in [1.82, 2.24) is 4.98 Å². The summed E-state index contributed by atoms with van der Waals surface area (Å²) in [6.07, 6.45) is 1.43. The predicted molar refractivity (Wildman–Crippen MR) is 113 cm³/mol. The maximum Gasteiger partial charge on any atom is 0.235 e. The van der Waals surface area contributed by atoms with Crippen molar-refractivity contribution in [3.8, 4) is 22.8 Å². The van der Waals surface area contributed by atoms with Crippen molar-refractivity contribution < 1.29 is 15.0 Å². The monoisotopic (exact) mass is 384 g/mol. The number of benzene rings is 3. The second-order valence-electron chi connectivity index (χ2n) is 7.59. The number of carbonyl (C=O) groups is 1. The fourth-order valence-electron chi connectivity index (χ4n) is 3.83. The number of rotatable bonds is 4. The SMILES string of the molecule is O=C(Nc1ccc2[nH]c(-c3ccccc3)cc2c1)C1(c2ccc(O)c(O)c2)CC1. The van der Waals surface area contributed by atoms with Crippen LogP contribution in [0.2, 0.25) is 0 Å². The Kier molecular flexibility index (Phi) is 3.84. The summed E-state index contributed by atoms with van der Waals surface area (Å²) in [6.45, 7) is 0. The molecule has 0 atom stereocenters. The van der Waals surface area contributed by atoms with E-state index in [9.17, 15) is 15.0 Å². The Morgan fingerprint density at radius 2 is 1.69 bits per heavy atom. The van der Waals surface area contributed by atoms with Gasteiger partial charge in [0.05, 0.1) is 5.41 Å². The molecule has 0 aliphatic heterocycles. The quantitative estimate of drug-likeness (QED) is 0.377. The third-order valence-corrected chi connectivity index (χ3v) is 5.68. The van der Waals surface area contributed by atoms with Gasteiger partial charge in [0.2, 0.25) is 5.91 Å². The van der Waals surface area contributed by atoms with Crippen molar-refractivity contribution in [2.24, 2.45) is 0 Å². The molecule has 4 N–H and O–H groups in total. The Morgan fingerprint density at radius 1 is 0.897 bits per heavy atom. The summed E-state index contributed by atoms with van der Waals surface area (Å²) in [5, 5.41) is 23.4. The first-order valence-corrected chi connectivity index (χ1v) is 9.57. The van der Waals surface area contributed by atoms with E-state index >= 15 is 0 Å². The number of aromatic hydroxyl groups is 2. The number of carbonyl (C=O) groups excluding carboxylic acids is 1. The minimum atomic E-state index is -0.645. The van der Waals surface area contributed by atoms with Gasteiger partial charge in [-0.3, -0.25) is 4.79 Å². The van der Waals surface area contributed by atoms with E-state index in [-0.39, 0.29) is 17.4 Å². The van der Waals surface area contributed by atoms with Crippen LogP contribution in [0.25, 0.3) is 22.2 Å². The number of hydrogen-bond acceptors (Lipinski definition) is 3. The molecule has 1 aliphatic rings. The first kappa shape index (κ1) is 17.4. The number of hydrogen-bond donors (Lipinski definition) is 4. The maximum atomic E-state index is 13.0. The summed E-state index contributed by atoms with van der Waals surface area (Å²) < 4.78 is 0. The van der Waals surface area contributed by atoms with Crippen LogP contribution in [-0.2, 0) is 10.2 Å². The van der Waals surface area contributed by atoms with Crippen LogP contribution < -0.4 is 5.32 Å². The molecule has 0 bridgehead atoms. The molecule has 1 aliphatic carbocycles. The van der Waals surface area contributed by atoms with Crippen molar-refractivity contribution in [2.45, 2.75) is 18.3 Å². The van der Waals surface area contributed by atoms with E-state index < -0.39 is 5.41 Å². The zero-order chi connectivity index (χ0) is 20.0. The molecule has 0 radical (unpaired) electrons. The lowest BCUT2D eigenvalue weighted by Crippen LogP contribution is -2.27. The molecule has 0 spiro atoms. The smallest absolute Gasteiger partial charge is 0.235 e. The lowest BCUT2D eigenvalue weighted by atomic mass is 9.94. The van der Waals surface area contributed by atoms with Crippen LogP contribution in [-0.4, -0.2) is 21.1 Å². The van der Waals surface area contributed by atoms with E-state index in [1.807, 2.05) is 36.4 Å². The third-order valence-electron chi connectivity index (χ3n) is 5.68. The van der Waals surface area contributed by atoms with Crippen LogP contribution in [0.15, 0.2) is 72.8 Å². The van der Waals surface area contributed by atoms with Gasteiger partial charge in [-0.25, -0.2) is 0 Å². The highest BCUT2D eigenvalue weighted by molar-refractivity contribution is 6.02. The molecule has 3 aromatic carbocycles. The molecule has 5 nitrogen and oxygen atoms in total. The summed E-state index contributed by atoms with van der Waals surface area (Å²) in [5.74, 6) is -0.485. The average molecular weight is 384 g/mol. The zero-order valence-electron chi connectivity index (χ0n) is 15.6. The first-order chi connectivity index (χ1) is 14.0. The fraction of sp³-hybridized carbons (Fsp3) is 0.125. The van der Waals surface area contributed by atoms with Gasteiger partial charge in [0.15, 0.2) is 11.5 Å². The van der Waals surface area contributed by atoms with Crippen LogP contribution in [0.5, 0.6) is 11.5 Å². The Morgan fingerprint density at radius 3 is 2.41 bits per heavy atom. The highest BCUT2D eigenvalue weighted by Crippen LogP contribution is 2.50. The molecule has 1 saturated carbocycles. The molecule has 1 fully saturated rings. The Bertz CT molecular complexity index is 1220. The van der Waals surface area contributed by atoms with Gasteiger partial charge in [0.25, 0.3) is 0 Å². The number of nitrogens with one attached hydrogen (secondary N) is 2. The van der Waals surface area contributed by atoms with Gasteiger partial charge in [-0.1, -0.05) is 36.4 Å². The maximum absolute atomic E-state index is 13.0. The van der Waals surface area contributed by atoms with Gasteiger partial charge < -0.3 is 20.5 Å². The van der Waals surface area contributed by atoms with E-state index in [4.69, 9.17) is 0 Å². The molecule has 5 rings (SSSR count). The fourth-order valence-corrected chi connectivity index (χ4v) is 3.83. The number of amides is 1. The minimum absolute atomic E-state index is 0.0965. The van der Waals surface area contributed by atoms with Gasteiger partial charge in [-0.15, -0.1) is 0 Å². The molecule has 1 heterocycles. The van der Waals surface area contributed by atoms with Crippen molar-refractivity contribution in [3.05, 3.63) is 78.4 Å². The highest BCUT2D eigenvalue weighted by atomic mass is 16.3. The molecule has 1 aromatic heterocycles. The van der Waals surface area contributed by atoms with Gasteiger partial charge in [0.1, 0.15) is 0 Å².